The van der Waals surface area contributed by atoms with Crippen molar-refractivity contribution < 1.29 is 24.2 Å². The second kappa shape index (κ2) is 13.5. The zero-order valence-electron chi connectivity index (χ0n) is 19.8. The molecule has 0 saturated heterocycles. The van der Waals surface area contributed by atoms with Crippen molar-refractivity contribution in [1.29, 1.82) is 0 Å². The van der Waals surface area contributed by atoms with Gasteiger partial charge in [0, 0.05) is 26.1 Å². The Morgan fingerprint density at radius 2 is 1.94 bits per heavy atom. The fourth-order valence-corrected chi connectivity index (χ4v) is 4.75. The molecule has 0 spiro atoms. The van der Waals surface area contributed by atoms with Crippen LogP contribution in [0.1, 0.15) is 56.8 Å². The second-order valence-electron chi connectivity index (χ2n) is 8.94. The van der Waals surface area contributed by atoms with Crippen LogP contribution in [0.15, 0.2) is 0 Å². The fourth-order valence-electron chi connectivity index (χ4n) is 4.75. The normalized spacial score (nSPS) is 21.3. The zero-order valence-corrected chi connectivity index (χ0v) is 19.8. The number of carbonyl (C=O) groups is 2. The summed E-state index contributed by atoms with van der Waals surface area (Å²) < 4.78 is 12.5. The molecule has 33 heavy (non-hydrogen) atoms. The molecule has 0 radical (unpaired) electrons. The van der Waals surface area contributed by atoms with E-state index in [0.29, 0.717) is 50.5 Å². The molecule has 2 aliphatic rings. The summed E-state index contributed by atoms with van der Waals surface area (Å²) in [5.41, 5.74) is 2.31. The number of aromatic nitrogens is 3. The van der Waals surface area contributed by atoms with Gasteiger partial charge in [-0.2, -0.15) is 0 Å². The van der Waals surface area contributed by atoms with E-state index in [0.717, 1.165) is 57.2 Å². The number of nitrogens with one attached hydrogen (secondary N) is 2. The van der Waals surface area contributed by atoms with Gasteiger partial charge in [0.05, 0.1) is 37.8 Å². The summed E-state index contributed by atoms with van der Waals surface area (Å²) in [4.78, 5) is 23.6. The van der Waals surface area contributed by atoms with Crippen LogP contribution in [0, 0.1) is 17.8 Å². The third kappa shape index (κ3) is 7.96. The molecule has 1 aromatic heterocycles. The molecule has 1 heterocycles. The molecule has 0 bridgehead atoms. The Morgan fingerprint density at radius 3 is 2.73 bits per heavy atom. The minimum absolute atomic E-state index is 0.0241. The fraction of sp³-hybridized carbons (Fsp3) is 0.826. The van der Waals surface area contributed by atoms with Crippen LogP contribution in [-0.2, 0) is 33.7 Å². The highest BCUT2D eigenvalue weighted by Gasteiger charge is 2.50. The standard InChI is InChI=1S/C23H39N5O5/c1-2-3-5-22(30)24-10-4-12-28-21-9-7-18-17(6-8-20(21)26-27-28)19(18)16-33-23(31)25-11-14-32-15-13-29/h17-19,29H,2-16H2,1H3,(H,24,30)(H,25,31). The van der Waals surface area contributed by atoms with Crippen LogP contribution >= 0.6 is 0 Å². The predicted octanol–water partition coefficient (Wildman–Crippen LogP) is 1.45. The molecule has 10 heteroatoms. The van der Waals surface area contributed by atoms with Crippen molar-refractivity contribution in [2.24, 2.45) is 17.8 Å². The summed E-state index contributed by atoms with van der Waals surface area (Å²) in [6.45, 7) is 4.94. The number of hydrogen-bond donors (Lipinski definition) is 3. The Hall–Kier alpha value is -2.20. The molecule has 10 nitrogen and oxygen atoms in total. The van der Waals surface area contributed by atoms with Gasteiger partial charge in [-0.25, -0.2) is 9.48 Å². The first kappa shape index (κ1) is 25.4. The number of alkyl carbamates (subject to hydrolysis) is 1. The Labute approximate surface area is 195 Å². The summed E-state index contributed by atoms with van der Waals surface area (Å²) in [5, 5.41) is 23.1. The maximum Gasteiger partial charge on any atom is 0.407 e. The molecule has 1 fully saturated rings. The van der Waals surface area contributed by atoms with Gasteiger partial charge in [-0.1, -0.05) is 18.6 Å². The first-order chi connectivity index (χ1) is 16.1. The number of rotatable bonds is 14. The molecular weight excluding hydrogens is 426 g/mol. The lowest BCUT2D eigenvalue weighted by atomic mass is 10.0. The lowest BCUT2D eigenvalue weighted by molar-refractivity contribution is -0.121. The van der Waals surface area contributed by atoms with Crippen LogP contribution in [0.3, 0.4) is 0 Å². The number of hydrogen-bond acceptors (Lipinski definition) is 7. The molecule has 1 saturated carbocycles. The van der Waals surface area contributed by atoms with E-state index in [1.54, 1.807) is 0 Å². The van der Waals surface area contributed by atoms with Crippen molar-refractivity contribution in [1.82, 2.24) is 25.6 Å². The average Bonchev–Trinajstić information content (AvgIpc) is 3.31. The molecule has 186 valence electrons. The molecule has 1 aromatic rings. The highest BCUT2D eigenvalue weighted by atomic mass is 16.5. The van der Waals surface area contributed by atoms with Crippen molar-refractivity contribution >= 4 is 12.0 Å². The van der Waals surface area contributed by atoms with E-state index < -0.39 is 6.09 Å². The topological polar surface area (TPSA) is 128 Å². The monoisotopic (exact) mass is 465 g/mol. The third-order valence-corrected chi connectivity index (χ3v) is 6.64. The first-order valence-corrected chi connectivity index (χ1v) is 12.4. The lowest BCUT2D eigenvalue weighted by Crippen LogP contribution is -2.29. The molecule has 3 N–H and O–H groups in total. The number of unbranched alkanes of at least 4 members (excludes halogenated alkanes) is 1. The average molecular weight is 466 g/mol. The lowest BCUT2D eigenvalue weighted by Gasteiger charge is -2.11. The largest absolute Gasteiger partial charge is 0.449 e. The van der Waals surface area contributed by atoms with Crippen LogP contribution in [0.5, 0.6) is 0 Å². The van der Waals surface area contributed by atoms with Crippen molar-refractivity contribution in [2.75, 3.05) is 39.5 Å². The molecule has 0 aromatic carbocycles. The van der Waals surface area contributed by atoms with E-state index >= 15 is 0 Å². The van der Waals surface area contributed by atoms with Crippen molar-refractivity contribution in [3.63, 3.8) is 0 Å². The number of carbonyl (C=O) groups excluding carboxylic acids is 2. The minimum Gasteiger partial charge on any atom is -0.449 e. The summed E-state index contributed by atoms with van der Waals surface area (Å²) in [7, 11) is 0. The summed E-state index contributed by atoms with van der Waals surface area (Å²) in [6, 6.07) is 0. The molecule has 3 atom stereocenters. The highest BCUT2D eigenvalue weighted by Crippen LogP contribution is 2.52. The van der Waals surface area contributed by atoms with Crippen molar-refractivity contribution in [2.45, 2.75) is 64.8 Å². The van der Waals surface area contributed by atoms with Crippen LogP contribution in [0.4, 0.5) is 4.79 Å². The van der Waals surface area contributed by atoms with E-state index in [2.05, 4.69) is 27.9 Å². The first-order valence-electron chi connectivity index (χ1n) is 12.4. The van der Waals surface area contributed by atoms with Gasteiger partial charge >= 0.3 is 6.09 Å². The maximum absolute atomic E-state index is 11.9. The number of amides is 2. The number of aliphatic hydroxyl groups excluding tert-OH is 1. The molecular formula is C23H39N5O5. The minimum atomic E-state index is -0.413. The van der Waals surface area contributed by atoms with E-state index in [4.69, 9.17) is 14.6 Å². The van der Waals surface area contributed by atoms with E-state index in [1.165, 1.54) is 5.69 Å². The maximum atomic E-state index is 11.9. The quantitative estimate of drug-likeness (QED) is 0.355. The third-order valence-electron chi connectivity index (χ3n) is 6.64. The SMILES string of the molecule is CCCCC(=O)NCCCn1nnc2c1CCC1C(CC2)C1COC(=O)NCCOCCO. The summed E-state index contributed by atoms with van der Waals surface area (Å²) in [5.74, 6) is 1.72. The Bertz CT molecular complexity index is 756. The van der Waals surface area contributed by atoms with Gasteiger partial charge in [0.2, 0.25) is 5.91 Å². The molecule has 3 unspecified atom stereocenters. The van der Waals surface area contributed by atoms with Crippen molar-refractivity contribution in [3.05, 3.63) is 11.4 Å². The number of ether oxygens (including phenoxy) is 2. The van der Waals surface area contributed by atoms with Gasteiger partial charge in [-0.05, 0) is 56.3 Å². The highest BCUT2D eigenvalue weighted by molar-refractivity contribution is 5.75. The van der Waals surface area contributed by atoms with Crippen LogP contribution < -0.4 is 10.6 Å². The second-order valence-corrected chi connectivity index (χ2v) is 8.94. The summed E-state index contributed by atoms with van der Waals surface area (Å²) >= 11 is 0. The van der Waals surface area contributed by atoms with Gasteiger partial charge in [0.15, 0.2) is 0 Å². The molecule has 3 rings (SSSR count). The predicted molar refractivity (Wildman–Crippen MR) is 122 cm³/mol. The van der Waals surface area contributed by atoms with Crippen LogP contribution in [0.2, 0.25) is 0 Å². The van der Waals surface area contributed by atoms with E-state index in [9.17, 15) is 9.59 Å². The van der Waals surface area contributed by atoms with Gasteiger partial charge in [-0.15, -0.1) is 5.10 Å². The number of fused-ring (bicyclic) bond motifs is 2. The number of aliphatic hydroxyl groups is 1. The molecule has 0 aliphatic heterocycles. The Morgan fingerprint density at radius 1 is 1.12 bits per heavy atom. The Balaban J connectivity index is 1.35. The van der Waals surface area contributed by atoms with Crippen molar-refractivity contribution in [3.8, 4) is 0 Å². The van der Waals surface area contributed by atoms with E-state index in [-0.39, 0.29) is 19.1 Å². The zero-order chi connectivity index (χ0) is 23.5. The molecule has 2 aliphatic carbocycles. The van der Waals surface area contributed by atoms with E-state index in [1.807, 2.05) is 4.68 Å². The van der Waals surface area contributed by atoms with Crippen LogP contribution in [-0.4, -0.2) is 71.6 Å². The van der Waals surface area contributed by atoms with Gasteiger partial charge in [0.25, 0.3) is 0 Å². The number of nitrogens with zero attached hydrogens (tertiary/aromatic N) is 3. The Kier molecular flexibility index (Phi) is 10.4. The number of aryl methyl sites for hydroxylation is 2. The van der Waals surface area contributed by atoms with Gasteiger partial charge in [-0.3, -0.25) is 4.79 Å². The molecule has 2 amide bonds. The smallest absolute Gasteiger partial charge is 0.407 e. The van der Waals surface area contributed by atoms with Gasteiger partial charge < -0.3 is 25.2 Å². The van der Waals surface area contributed by atoms with Crippen LogP contribution in [0.25, 0.3) is 0 Å². The summed E-state index contributed by atoms with van der Waals surface area (Å²) in [6.07, 6.45) is 6.96. The van der Waals surface area contributed by atoms with Gasteiger partial charge in [0.1, 0.15) is 0 Å².